The molecule has 5 rings (SSSR count). The minimum atomic E-state index is -0.577. The SMILES string of the molecule is CC1(C)c2[c-]c(ccc2)C(=O)c2cccc(n2)C(C)(C)c2[c-]c(ccc2)C(=O)c2cccc1n2.[Pt+2]. The Kier molecular flexibility index (Phi) is 6.46. The molecule has 0 spiro atoms. The topological polar surface area (TPSA) is 59.9 Å². The Hall–Kier alpha value is -3.23. The van der Waals surface area contributed by atoms with Crippen molar-refractivity contribution in [3.05, 3.63) is 130 Å². The summed E-state index contributed by atoms with van der Waals surface area (Å²) in [5, 5.41) is 0. The van der Waals surface area contributed by atoms with Crippen molar-refractivity contribution in [3.8, 4) is 0 Å². The number of rotatable bonds is 0. The van der Waals surface area contributed by atoms with Crippen molar-refractivity contribution >= 4 is 11.6 Å². The second-order valence-electron chi connectivity index (χ2n) is 9.68. The summed E-state index contributed by atoms with van der Waals surface area (Å²) in [4.78, 5) is 36.3. The van der Waals surface area contributed by atoms with E-state index < -0.39 is 10.8 Å². The first-order valence-electron chi connectivity index (χ1n) is 11.3. The van der Waals surface area contributed by atoms with Gasteiger partial charge in [0, 0.05) is 22.2 Å². The van der Waals surface area contributed by atoms with Crippen molar-refractivity contribution in [2.45, 2.75) is 38.5 Å². The molecule has 2 aromatic heterocycles. The minimum absolute atomic E-state index is 0. The van der Waals surface area contributed by atoms with Crippen LogP contribution < -0.4 is 0 Å². The molecule has 0 amide bonds. The molecule has 1 aliphatic rings. The Bertz CT molecular complexity index is 1240. The smallest absolute Gasteiger partial charge is 0.345 e. The number of hydrogen-bond acceptors (Lipinski definition) is 4. The minimum Gasteiger partial charge on any atom is -0.345 e. The van der Waals surface area contributed by atoms with Crippen LogP contribution in [-0.4, -0.2) is 21.5 Å². The van der Waals surface area contributed by atoms with Gasteiger partial charge in [-0.1, -0.05) is 39.8 Å². The van der Waals surface area contributed by atoms with Gasteiger partial charge in [0.15, 0.2) is 0 Å². The molecule has 176 valence electrons. The molecule has 35 heavy (non-hydrogen) atoms. The van der Waals surface area contributed by atoms with Crippen molar-refractivity contribution in [1.82, 2.24) is 9.97 Å². The van der Waals surface area contributed by atoms with Crippen LogP contribution >= 0.6 is 0 Å². The summed E-state index contributed by atoms with van der Waals surface area (Å²) < 4.78 is 0. The molecular weight excluding hydrogens is 615 g/mol. The van der Waals surface area contributed by atoms with E-state index in [1.165, 1.54) is 0 Å². The normalized spacial score (nSPS) is 15.8. The average molecular weight is 640 g/mol. The van der Waals surface area contributed by atoms with E-state index in [1.54, 1.807) is 24.3 Å². The van der Waals surface area contributed by atoms with Gasteiger partial charge in [-0.15, -0.1) is 70.8 Å². The number of benzene rings is 2. The van der Waals surface area contributed by atoms with E-state index in [2.05, 4.69) is 12.1 Å². The van der Waals surface area contributed by atoms with Gasteiger partial charge >= 0.3 is 21.1 Å². The Morgan fingerprint density at radius 1 is 0.571 bits per heavy atom. The molecule has 4 nitrogen and oxygen atoms in total. The van der Waals surface area contributed by atoms with Gasteiger partial charge in [-0.2, -0.15) is 0 Å². The summed E-state index contributed by atoms with van der Waals surface area (Å²) in [6.45, 7) is 8.06. The second kappa shape index (κ2) is 9.09. The fourth-order valence-corrected chi connectivity index (χ4v) is 4.30. The van der Waals surface area contributed by atoms with Gasteiger partial charge in [0.05, 0.1) is 11.4 Å². The zero-order valence-corrected chi connectivity index (χ0v) is 22.2. The number of carbonyl (C=O) groups is 2. The van der Waals surface area contributed by atoms with E-state index >= 15 is 0 Å². The standard InChI is InChI=1S/C30H24N2O2.Pt/c1-29(2)21-11-5-9-19(17-21)27(33)24-14-8-16-26(32-24)30(3,4)22-12-6-10-20(18-22)28(34)23-13-7-15-25(29)31-23;/h5-16H,1-4H3;/q-2;+2. The molecule has 0 atom stereocenters. The Labute approximate surface area is 220 Å². The van der Waals surface area contributed by atoms with Gasteiger partial charge in [0.25, 0.3) is 0 Å². The molecule has 5 heteroatoms. The summed E-state index contributed by atoms with van der Waals surface area (Å²) in [5.41, 5.74) is 3.53. The third-order valence-electron chi connectivity index (χ3n) is 6.67. The van der Waals surface area contributed by atoms with Gasteiger partial charge in [-0.25, -0.2) is 0 Å². The largest absolute Gasteiger partial charge is 2.00 e. The van der Waals surface area contributed by atoms with Crippen molar-refractivity contribution in [1.29, 1.82) is 0 Å². The predicted octanol–water partition coefficient (Wildman–Crippen LogP) is 5.50. The fraction of sp³-hybridized carbons (Fsp3) is 0.200. The number of ketones is 2. The van der Waals surface area contributed by atoms with Crippen LogP contribution in [0.1, 0.15) is 82.3 Å². The Morgan fingerprint density at radius 3 is 1.34 bits per heavy atom. The fourth-order valence-electron chi connectivity index (χ4n) is 4.30. The van der Waals surface area contributed by atoms with Crippen LogP contribution in [0.25, 0.3) is 0 Å². The van der Waals surface area contributed by atoms with E-state index in [-0.39, 0.29) is 32.6 Å². The molecule has 1 aliphatic heterocycles. The van der Waals surface area contributed by atoms with Crippen LogP contribution in [-0.2, 0) is 31.9 Å². The zero-order chi connectivity index (χ0) is 24.1. The van der Waals surface area contributed by atoms with Crippen LogP contribution in [0.5, 0.6) is 0 Å². The summed E-state index contributed by atoms with van der Waals surface area (Å²) in [7, 11) is 0. The maximum atomic E-state index is 13.4. The molecule has 0 unspecified atom stereocenters. The van der Waals surface area contributed by atoms with Crippen LogP contribution in [0.3, 0.4) is 0 Å². The predicted molar refractivity (Wildman–Crippen MR) is 130 cm³/mol. The Balaban J connectivity index is 0.00000289. The molecule has 2 aromatic carbocycles. The number of hydrogen-bond donors (Lipinski definition) is 0. The van der Waals surface area contributed by atoms with Gasteiger partial charge < -0.3 is 9.59 Å². The first-order chi connectivity index (χ1) is 16.2. The second-order valence-corrected chi connectivity index (χ2v) is 9.68. The molecule has 0 saturated carbocycles. The molecule has 0 N–H and O–H groups in total. The van der Waals surface area contributed by atoms with Gasteiger partial charge in [0.1, 0.15) is 11.6 Å². The molecule has 0 saturated heterocycles. The van der Waals surface area contributed by atoms with Gasteiger partial charge in [-0.05, 0) is 24.3 Å². The van der Waals surface area contributed by atoms with Crippen molar-refractivity contribution in [3.63, 3.8) is 0 Å². The van der Waals surface area contributed by atoms with E-state index in [1.807, 2.05) is 76.2 Å². The quantitative estimate of drug-likeness (QED) is 0.239. The molecule has 3 heterocycles. The summed E-state index contributed by atoms with van der Waals surface area (Å²) in [5.74, 6) is -0.367. The third-order valence-corrected chi connectivity index (χ3v) is 6.67. The van der Waals surface area contributed by atoms with Crippen molar-refractivity contribution in [2.75, 3.05) is 0 Å². The summed E-state index contributed by atoms with van der Waals surface area (Å²) in [6, 6.07) is 28.6. The number of fused-ring (bicyclic) bond motifs is 8. The maximum Gasteiger partial charge on any atom is 2.00 e. The van der Waals surface area contributed by atoms with E-state index in [0.717, 1.165) is 22.5 Å². The molecule has 0 aliphatic carbocycles. The first kappa shape index (κ1) is 24.9. The molecule has 4 aromatic rings. The van der Waals surface area contributed by atoms with Crippen molar-refractivity contribution < 1.29 is 30.7 Å². The van der Waals surface area contributed by atoms with E-state index in [4.69, 9.17) is 9.97 Å². The number of nitrogens with zero attached hydrogens (tertiary/aromatic N) is 2. The van der Waals surface area contributed by atoms with Crippen LogP contribution in [0.4, 0.5) is 0 Å². The van der Waals surface area contributed by atoms with E-state index in [9.17, 15) is 9.59 Å². The molecule has 0 radical (unpaired) electrons. The maximum absolute atomic E-state index is 13.4. The summed E-state index contributed by atoms with van der Waals surface area (Å²) in [6.07, 6.45) is 0. The van der Waals surface area contributed by atoms with Crippen molar-refractivity contribution in [2.24, 2.45) is 0 Å². The van der Waals surface area contributed by atoms with Gasteiger partial charge in [-0.3, -0.25) is 9.97 Å². The number of pyridine rings is 2. The summed E-state index contributed by atoms with van der Waals surface area (Å²) >= 11 is 0. The molecular formula is C30H24N2O2Pt. The molecule has 0 fully saturated rings. The van der Waals surface area contributed by atoms with Crippen LogP contribution in [0, 0.1) is 12.1 Å². The van der Waals surface area contributed by atoms with Gasteiger partial charge in [0.2, 0.25) is 0 Å². The number of aromatic nitrogens is 2. The first-order valence-corrected chi connectivity index (χ1v) is 11.3. The van der Waals surface area contributed by atoms with Crippen LogP contribution in [0.2, 0.25) is 0 Å². The third kappa shape index (κ3) is 4.32. The molecule has 8 bridgehead atoms. The average Bonchev–Trinajstić information content (AvgIpc) is 2.87. The number of carbonyl (C=O) groups excluding carboxylic acids is 2. The van der Waals surface area contributed by atoms with E-state index in [0.29, 0.717) is 22.5 Å². The van der Waals surface area contributed by atoms with Crippen LogP contribution in [0.15, 0.2) is 72.8 Å². The zero-order valence-electron chi connectivity index (χ0n) is 20.0. The Morgan fingerprint density at radius 2 is 0.943 bits per heavy atom. The monoisotopic (exact) mass is 639 g/mol.